The second kappa shape index (κ2) is 12.8. The highest BCUT2D eigenvalue weighted by Crippen LogP contribution is 2.43. The molecule has 1 atom stereocenters. The van der Waals surface area contributed by atoms with Crippen LogP contribution in [0.15, 0.2) is 121 Å². The lowest BCUT2D eigenvalue weighted by Crippen LogP contribution is -2.35. The van der Waals surface area contributed by atoms with E-state index in [1.807, 2.05) is 18.2 Å². The van der Waals surface area contributed by atoms with Crippen molar-refractivity contribution in [2.45, 2.75) is 38.4 Å². The fourth-order valence-electron chi connectivity index (χ4n) is 4.73. The Labute approximate surface area is 207 Å². The molecule has 0 aliphatic heterocycles. The Morgan fingerprint density at radius 2 is 0.971 bits per heavy atom. The van der Waals surface area contributed by atoms with Gasteiger partial charge in [-0.25, -0.2) is 0 Å². The van der Waals surface area contributed by atoms with Gasteiger partial charge in [-0.3, -0.25) is 0 Å². The second-order valence-electron chi connectivity index (χ2n) is 8.48. The van der Waals surface area contributed by atoms with Crippen molar-refractivity contribution in [3.63, 3.8) is 0 Å². The summed E-state index contributed by atoms with van der Waals surface area (Å²) in [4.78, 5) is 2.33. The van der Waals surface area contributed by atoms with E-state index in [0.29, 0.717) is 0 Å². The fraction of sp³-hybridized carbons (Fsp3) is 0.250. The summed E-state index contributed by atoms with van der Waals surface area (Å²) in [6.45, 7) is 8.74. The predicted molar refractivity (Wildman–Crippen MR) is 149 cm³/mol. The summed E-state index contributed by atoms with van der Waals surface area (Å²) in [7, 11) is 7.13. The van der Waals surface area contributed by atoms with Gasteiger partial charge in [0.1, 0.15) is 0 Å². The van der Waals surface area contributed by atoms with Crippen LogP contribution in [-0.2, 0) is 5.31 Å². The van der Waals surface area contributed by atoms with Crippen LogP contribution >= 0.6 is 0 Å². The number of hydrogen-bond donors (Lipinski definition) is 0. The molecule has 0 aliphatic carbocycles. The van der Waals surface area contributed by atoms with Gasteiger partial charge in [0.15, 0.2) is 0 Å². The van der Waals surface area contributed by atoms with E-state index in [0.717, 1.165) is 30.6 Å². The standard InChI is InChI=1S/C22H21B.C10H15N/c1-2-21(18-12-6-3-7-13-18)22(23,19-14-8-4-9-15-19)20-16-10-5-11-17-20;1-3-11(4-2)10-8-6-5-7-9-10/h3-17,21H,2H2,1H3;5-9H,3-4H2,1-2H3. The Kier molecular flexibility index (Phi) is 9.58. The van der Waals surface area contributed by atoms with Crippen molar-refractivity contribution in [2.24, 2.45) is 0 Å². The van der Waals surface area contributed by atoms with Crippen molar-refractivity contribution in [3.05, 3.63) is 138 Å². The number of para-hydroxylation sites is 1. The fourth-order valence-corrected chi connectivity index (χ4v) is 4.73. The number of nitrogens with zero attached hydrogens (tertiary/aromatic N) is 1. The van der Waals surface area contributed by atoms with Gasteiger partial charge in [0, 0.05) is 18.8 Å². The molecule has 0 amide bonds. The molecule has 2 heteroatoms. The van der Waals surface area contributed by atoms with Crippen LogP contribution in [0.2, 0.25) is 0 Å². The van der Waals surface area contributed by atoms with Crippen LogP contribution in [0.4, 0.5) is 5.69 Å². The van der Waals surface area contributed by atoms with Crippen LogP contribution in [0.1, 0.15) is 49.8 Å². The molecule has 4 aromatic carbocycles. The Morgan fingerprint density at radius 3 is 1.35 bits per heavy atom. The first kappa shape index (κ1) is 25.4. The van der Waals surface area contributed by atoms with E-state index < -0.39 is 5.31 Å². The molecule has 1 unspecified atom stereocenters. The Hall–Kier alpha value is -3.26. The summed E-state index contributed by atoms with van der Waals surface area (Å²) in [6, 6.07) is 42.0. The van der Waals surface area contributed by atoms with Crippen molar-refractivity contribution in [2.75, 3.05) is 18.0 Å². The minimum atomic E-state index is -0.543. The molecule has 0 saturated carbocycles. The first-order valence-corrected chi connectivity index (χ1v) is 12.4. The summed E-state index contributed by atoms with van der Waals surface area (Å²) in [6.07, 6.45) is 0.976. The first-order valence-electron chi connectivity index (χ1n) is 12.4. The number of hydrogen-bond acceptors (Lipinski definition) is 1. The van der Waals surface area contributed by atoms with Crippen molar-refractivity contribution in [3.8, 4) is 0 Å². The average molecular weight is 445 g/mol. The van der Waals surface area contributed by atoms with Gasteiger partial charge in [-0.15, -0.1) is 0 Å². The molecule has 0 aliphatic rings. The predicted octanol–water partition coefficient (Wildman–Crippen LogP) is 7.83. The lowest BCUT2D eigenvalue weighted by Gasteiger charge is -2.40. The van der Waals surface area contributed by atoms with Crippen LogP contribution in [0.25, 0.3) is 0 Å². The van der Waals surface area contributed by atoms with Crippen molar-refractivity contribution in [1.29, 1.82) is 0 Å². The van der Waals surface area contributed by atoms with E-state index in [1.54, 1.807) is 0 Å². The summed E-state index contributed by atoms with van der Waals surface area (Å²) in [5.41, 5.74) is 4.91. The van der Waals surface area contributed by atoms with Crippen LogP contribution in [-0.4, -0.2) is 20.9 Å². The third-order valence-corrected chi connectivity index (χ3v) is 6.55. The molecule has 0 N–H and O–H groups in total. The molecule has 0 bridgehead atoms. The van der Waals surface area contributed by atoms with E-state index in [4.69, 9.17) is 7.85 Å². The summed E-state index contributed by atoms with van der Waals surface area (Å²) >= 11 is 0. The molecule has 2 radical (unpaired) electrons. The smallest absolute Gasteiger partial charge is 0.0883 e. The Balaban J connectivity index is 0.000000248. The zero-order valence-corrected chi connectivity index (χ0v) is 20.8. The molecule has 0 saturated heterocycles. The zero-order chi connectivity index (χ0) is 24.2. The molecular formula is C32H36BN. The van der Waals surface area contributed by atoms with Crippen LogP contribution < -0.4 is 4.90 Å². The van der Waals surface area contributed by atoms with E-state index in [1.165, 1.54) is 11.3 Å². The third kappa shape index (κ3) is 6.00. The second-order valence-corrected chi connectivity index (χ2v) is 8.48. The summed E-state index contributed by atoms with van der Waals surface area (Å²) in [5.74, 6) is 0.216. The van der Waals surface area contributed by atoms with E-state index >= 15 is 0 Å². The van der Waals surface area contributed by atoms with Gasteiger partial charge in [-0.1, -0.05) is 116 Å². The maximum absolute atomic E-state index is 7.13. The maximum atomic E-state index is 7.13. The molecule has 0 spiro atoms. The van der Waals surface area contributed by atoms with Gasteiger partial charge >= 0.3 is 0 Å². The topological polar surface area (TPSA) is 3.24 Å². The van der Waals surface area contributed by atoms with Gasteiger partial charge in [0.05, 0.1) is 7.85 Å². The Bertz CT molecular complexity index is 1020. The van der Waals surface area contributed by atoms with Crippen LogP contribution in [0, 0.1) is 0 Å². The molecule has 172 valence electrons. The molecule has 34 heavy (non-hydrogen) atoms. The van der Waals surface area contributed by atoms with Gasteiger partial charge in [-0.2, -0.15) is 0 Å². The minimum Gasteiger partial charge on any atom is -0.372 e. The van der Waals surface area contributed by atoms with Crippen molar-refractivity contribution >= 4 is 13.5 Å². The molecule has 4 aromatic rings. The monoisotopic (exact) mass is 445 g/mol. The number of anilines is 1. The summed E-state index contributed by atoms with van der Waals surface area (Å²) < 4.78 is 0. The molecule has 4 rings (SSSR count). The SMILES string of the molecule is CCN(CC)c1ccccc1.[B]C(c1ccccc1)(c1ccccc1)C(CC)c1ccccc1. The molecule has 0 heterocycles. The highest BCUT2D eigenvalue weighted by atomic mass is 15.1. The molecule has 1 nitrogen and oxygen atoms in total. The van der Waals surface area contributed by atoms with E-state index in [2.05, 4.69) is 129 Å². The van der Waals surface area contributed by atoms with Crippen LogP contribution in [0.3, 0.4) is 0 Å². The zero-order valence-electron chi connectivity index (χ0n) is 20.8. The van der Waals surface area contributed by atoms with Gasteiger partial charge in [0.25, 0.3) is 0 Å². The van der Waals surface area contributed by atoms with E-state index in [9.17, 15) is 0 Å². The van der Waals surface area contributed by atoms with Gasteiger partial charge < -0.3 is 4.90 Å². The minimum absolute atomic E-state index is 0.216. The van der Waals surface area contributed by atoms with Crippen LogP contribution in [0.5, 0.6) is 0 Å². The van der Waals surface area contributed by atoms with Gasteiger partial charge in [-0.05, 0) is 60.3 Å². The maximum Gasteiger partial charge on any atom is 0.0883 e. The van der Waals surface area contributed by atoms with Gasteiger partial charge in [0.2, 0.25) is 0 Å². The Morgan fingerprint density at radius 1 is 0.588 bits per heavy atom. The molecular weight excluding hydrogens is 409 g/mol. The third-order valence-electron chi connectivity index (χ3n) is 6.55. The number of rotatable bonds is 8. The highest BCUT2D eigenvalue weighted by molar-refractivity contribution is 6.19. The van der Waals surface area contributed by atoms with E-state index in [-0.39, 0.29) is 5.92 Å². The lowest BCUT2D eigenvalue weighted by molar-refractivity contribution is 0.531. The van der Waals surface area contributed by atoms with Crippen molar-refractivity contribution in [1.82, 2.24) is 0 Å². The first-order chi connectivity index (χ1) is 16.6. The normalized spacial score (nSPS) is 11.7. The summed E-state index contributed by atoms with van der Waals surface area (Å²) in [5, 5.41) is -0.543. The lowest BCUT2D eigenvalue weighted by atomic mass is 9.51. The molecule has 0 aromatic heterocycles. The largest absolute Gasteiger partial charge is 0.372 e. The average Bonchev–Trinajstić information content (AvgIpc) is 2.92. The molecule has 0 fully saturated rings. The number of benzene rings is 4. The highest BCUT2D eigenvalue weighted by Gasteiger charge is 2.36. The van der Waals surface area contributed by atoms with Crippen molar-refractivity contribution < 1.29 is 0 Å². The quantitative estimate of drug-likeness (QED) is 0.250.